The maximum Gasteiger partial charge on any atom is 0.220 e. The number of nitrogens with two attached hydrogens (primary N) is 1. The molecular weight excluding hydrogens is 190 g/mol. The first-order valence-corrected chi connectivity index (χ1v) is 4.26. The summed E-state index contributed by atoms with van der Waals surface area (Å²) >= 11 is 0. The minimum Gasteiger partial charge on any atom is -0.394 e. The molecule has 0 aromatic carbocycles. The van der Waals surface area contributed by atoms with E-state index in [2.05, 4.69) is 0 Å². The van der Waals surface area contributed by atoms with Gasteiger partial charge in [-0.1, -0.05) is 0 Å². The van der Waals surface area contributed by atoms with Crippen LogP contribution >= 0.6 is 0 Å². The highest BCUT2D eigenvalue weighted by Gasteiger charge is 2.41. The van der Waals surface area contributed by atoms with Gasteiger partial charge < -0.3 is 25.8 Å². The molecule has 0 aromatic rings. The molecule has 0 aliphatic carbocycles. The number of carbonyl (C=O) groups excluding carboxylic acids is 1. The molecule has 3 atom stereocenters. The van der Waals surface area contributed by atoms with Crippen molar-refractivity contribution >= 4 is 5.91 Å². The van der Waals surface area contributed by atoms with Crippen LogP contribution in [-0.2, 0) is 9.53 Å². The second-order valence-electron chi connectivity index (χ2n) is 3.49. The molecular formula is C8H14NO5. The van der Waals surface area contributed by atoms with E-state index in [4.69, 9.17) is 15.6 Å². The van der Waals surface area contributed by atoms with Crippen molar-refractivity contribution in [1.29, 1.82) is 0 Å². The van der Waals surface area contributed by atoms with Crippen LogP contribution in [0.5, 0.6) is 0 Å². The second kappa shape index (κ2) is 4.22. The number of aliphatic hydroxyl groups excluding tert-OH is 2. The molecule has 1 amide bonds. The molecule has 0 saturated carbocycles. The zero-order valence-corrected chi connectivity index (χ0v) is 7.59. The molecule has 1 saturated heterocycles. The predicted molar refractivity (Wildman–Crippen MR) is 45.6 cm³/mol. The Labute approximate surface area is 81.3 Å². The van der Waals surface area contributed by atoms with Crippen molar-refractivity contribution in [3.63, 3.8) is 0 Å². The van der Waals surface area contributed by atoms with E-state index < -0.39 is 23.7 Å². The lowest BCUT2D eigenvalue weighted by Crippen LogP contribution is -2.49. The van der Waals surface area contributed by atoms with E-state index in [1.165, 1.54) is 0 Å². The van der Waals surface area contributed by atoms with E-state index >= 15 is 0 Å². The third kappa shape index (κ3) is 2.65. The minimum absolute atomic E-state index is 0.0683. The maximum absolute atomic E-state index is 10.6. The summed E-state index contributed by atoms with van der Waals surface area (Å²) in [5.74, 6) is -0.679. The number of amides is 1. The molecule has 1 heterocycles. The highest BCUT2D eigenvalue weighted by molar-refractivity contribution is 5.75. The van der Waals surface area contributed by atoms with Gasteiger partial charge in [0.15, 0.2) is 0 Å². The van der Waals surface area contributed by atoms with Crippen molar-refractivity contribution in [2.75, 3.05) is 6.61 Å². The third-order valence-corrected chi connectivity index (χ3v) is 2.11. The normalized spacial score (nSPS) is 38.2. The van der Waals surface area contributed by atoms with Crippen LogP contribution in [0.1, 0.15) is 12.8 Å². The van der Waals surface area contributed by atoms with Gasteiger partial charge in [-0.15, -0.1) is 0 Å². The Bertz CT molecular complexity index is 222. The van der Waals surface area contributed by atoms with Crippen molar-refractivity contribution in [2.24, 2.45) is 5.73 Å². The Morgan fingerprint density at radius 1 is 1.71 bits per heavy atom. The Balaban J connectivity index is 2.55. The monoisotopic (exact) mass is 204 g/mol. The van der Waals surface area contributed by atoms with Gasteiger partial charge >= 0.3 is 0 Å². The SMILES string of the molecule is NC(=O)C[C@]1(O)[CH]O[C@H](CO)[C@H](O)C1. The minimum atomic E-state index is -1.53. The number of hydrogen-bond donors (Lipinski definition) is 4. The van der Waals surface area contributed by atoms with E-state index in [0.717, 1.165) is 6.61 Å². The number of rotatable bonds is 3. The van der Waals surface area contributed by atoms with Gasteiger partial charge in [0, 0.05) is 6.42 Å². The number of aliphatic hydroxyl groups is 3. The largest absolute Gasteiger partial charge is 0.394 e. The van der Waals surface area contributed by atoms with Crippen LogP contribution in [-0.4, -0.2) is 45.6 Å². The third-order valence-electron chi connectivity index (χ3n) is 2.11. The van der Waals surface area contributed by atoms with Crippen LogP contribution < -0.4 is 5.73 Å². The lowest BCUT2D eigenvalue weighted by molar-refractivity contribution is -0.154. The van der Waals surface area contributed by atoms with Gasteiger partial charge in [-0.05, 0) is 0 Å². The summed E-state index contributed by atoms with van der Waals surface area (Å²) in [5.41, 5.74) is 3.38. The fraction of sp³-hybridized carbons (Fsp3) is 0.750. The molecule has 0 bridgehead atoms. The molecule has 1 aliphatic heterocycles. The van der Waals surface area contributed by atoms with Gasteiger partial charge in [0.05, 0.1) is 19.1 Å². The standard InChI is InChI=1S/C8H14NO5/c9-7(12)2-8(13)1-5(11)6(3-10)14-4-8/h4-6,10-11,13H,1-3H2,(H2,9,12)/t5-,6-,8+/m1/s1. The highest BCUT2D eigenvalue weighted by Crippen LogP contribution is 2.29. The summed E-state index contributed by atoms with van der Waals surface area (Å²) in [5, 5.41) is 27.8. The molecule has 1 radical (unpaired) electrons. The first kappa shape index (κ1) is 11.4. The zero-order chi connectivity index (χ0) is 10.8. The zero-order valence-electron chi connectivity index (χ0n) is 7.59. The molecule has 6 nitrogen and oxygen atoms in total. The molecule has 1 fully saturated rings. The van der Waals surface area contributed by atoms with Crippen molar-refractivity contribution in [3.05, 3.63) is 6.61 Å². The first-order chi connectivity index (χ1) is 6.47. The van der Waals surface area contributed by atoms with E-state index in [-0.39, 0.29) is 19.4 Å². The van der Waals surface area contributed by atoms with Gasteiger partial charge in [0.25, 0.3) is 0 Å². The fourth-order valence-electron chi connectivity index (χ4n) is 1.43. The number of primary amides is 1. The van der Waals surface area contributed by atoms with Crippen LogP contribution in [0, 0.1) is 6.61 Å². The fourth-order valence-corrected chi connectivity index (χ4v) is 1.43. The molecule has 0 aromatic heterocycles. The summed E-state index contributed by atoms with van der Waals surface area (Å²) < 4.78 is 4.87. The van der Waals surface area contributed by atoms with E-state index in [1.807, 2.05) is 0 Å². The molecule has 81 valence electrons. The lowest BCUT2D eigenvalue weighted by atomic mass is 9.88. The molecule has 1 rings (SSSR count). The average molecular weight is 204 g/mol. The van der Waals surface area contributed by atoms with Crippen molar-refractivity contribution in [1.82, 2.24) is 0 Å². The van der Waals surface area contributed by atoms with E-state index in [0.29, 0.717) is 0 Å². The molecule has 1 aliphatic rings. The first-order valence-electron chi connectivity index (χ1n) is 4.26. The maximum atomic E-state index is 10.6. The molecule has 6 heteroatoms. The molecule has 0 unspecified atom stereocenters. The highest BCUT2D eigenvalue weighted by atomic mass is 16.5. The Hall–Kier alpha value is -0.690. The Morgan fingerprint density at radius 3 is 2.79 bits per heavy atom. The smallest absolute Gasteiger partial charge is 0.220 e. The summed E-state index contributed by atoms with van der Waals surface area (Å²) in [6.45, 7) is 0.704. The topological polar surface area (TPSA) is 113 Å². The van der Waals surface area contributed by atoms with Gasteiger partial charge in [0.1, 0.15) is 18.3 Å². The lowest BCUT2D eigenvalue weighted by Gasteiger charge is -2.37. The summed E-state index contributed by atoms with van der Waals surface area (Å²) in [4.78, 5) is 10.6. The quantitative estimate of drug-likeness (QED) is 0.420. The predicted octanol–water partition coefficient (Wildman–Crippen LogP) is -2.10. The average Bonchev–Trinajstić information content (AvgIpc) is 2.02. The molecule has 0 spiro atoms. The van der Waals surface area contributed by atoms with Crippen LogP contribution in [0.3, 0.4) is 0 Å². The van der Waals surface area contributed by atoms with Crippen LogP contribution in [0.2, 0.25) is 0 Å². The van der Waals surface area contributed by atoms with Gasteiger partial charge in [-0.3, -0.25) is 4.79 Å². The molecule has 5 N–H and O–H groups in total. The molecule has 14 heavy (non-hydrogen) atoms. The van der Waals surface area contributed by atoms with Gasteiger partial charge in [-0.25, -0.2) is 0 Å². The van der Waals surface area contributed by atoms with Crippen LogP contribution in [0.4, 0.5) is 0 Å². The summed E-state index contributed by atoms with van der Waals surface area (Å²) in [7, 11) is 0. The number of ether oxygens (including phenoxy) is 1. The van der Waals surface area contributed by atoms with Gasteiger partial charge in [-0.2, -0.15) is 0 Å². The van der Waals surface area contributed by atoms with Crippen LogP contribution in [0.25, 0.3) is 0 Å². The number of carbonyl (C=O) groups is 1. The second-order valence-corrected chi connectivity index (χ2v) is 3.49. The van der Waals surface area contributed by atoms with E-state index in [1.54, 1.807) is 0 Å². The Morgan fingerprint density at radius 2 is 2.36 bits per heavy atom. The Kier molecular flexibility index (Phi) is 3.43. The van der Waals surface area contributed by atoms with Gasteiger partial charge in [0.2, 0.25) is 5.91 Å². The summed E-state index contributed by atoms with van der Waals surface area (Å²) in [6, 6.07) is 0. The number of hydrogen-bond acceptors (Lipinski definition) is 5. The van der Waals surface area contributed by atoms with Crippen molar-refractivity contribution < 1.29 is 24.9 Å². The van der Waals surface area contributed by atoms with Crippen LogP contribution in [0.15, 0.2) is 0 Å². The van der Waals surface area contributed by atoms with E-state index in [9.17, 15) is 15.0 Å². The van der Waals surface area contributed by atoms with Crippen molar-refractivity contribution in [3.8, 4) is 0 Å². The van der Waals surface area contributed by atoms with Crippen molar-refractivity contribution in [2.45, 2.75) is 30.7 Å². The summed E-state index contributed by atoms with van der Waals surface area (Å²) in [6.07, 6.45) is -2.12.